The Hall–Kier alpha value is -3.21. The van der Waals surface area contributed by atoms with Crippen LogP contribution in [0.4, 0.5) is 17.2 Å². The summed E-state index contributed by atoms with van der Waals surface area (Å²) >= 11 is 0. The van der Waals surface area contributed by atoms with Crippen molar-refractivity contribution in [2.45, 2.75) is 13.8 Å². The first-order valence-electron chi connectivity index (χ1n) is 7.64. The Morgan fingerprint density at radius 3 is 2.58 bits per heavy atom. The number of rotatable bonds is 4. The van der Waals surface area contributed by atoms with Gasteiger partial charge in [-0.05, 0) is 43.2 Å². The van der Waals surface area contributed by atoms with E-state index in [1.807, 2.05) is 62.4 Å². The summed E-state index contributed by atoms with van der Waals surface area (Å²) in [5.74, 6) is 0.310. The average Bonchev–Trinajstić information content (AvgIpc) is 2.57. The minimum atomic E-state index is -0.265. The third kappa shape index (κ3) is 3.76. The maximum absolute atomic E-state index is 12.4. The minimum Gasteiger partial charge on any atom is -0.340 e. The molecule has 0 aliphatic carbocycles. The number of nitrogens with zero attached hydrogens (tertiary/aromatic N) is 2. The molecule has 0 aliphatic heterocycles. The van der Waals surface area contributed by atoms with Crippen LogP contribution < -0.4 is 10.6 Å². The van der Waals surface area contributed by atoms with Gasteiger partial charge in [-0.15, -0.1) is 0 Å². The van der Waals surface area contributed by atoms with E-state index in [1.165, 1.54) is 6.33 Å². The van der Waals surface area contributed by atoms with Gasteiger partial charge in [-0.25, -0.2) is 9.97 Å². The van der Waals surface area contributed by atoms with Gasteiger partial charge in [0.05, 0.1) is 0 Å². The molecule has 120 valence electrons. The fraction of sp³-hybridized carbons (Fsp3) is 0.105. The van der Waals surface area contributed by atoms with Crippen molar-refractivity contribution < 1.29 is 4.79 Å². The van der Waals surface area contributed by atoms with E-state index < -0.39 is 0 Å². The number of anilines is 3. The predicted molar refractivity (Wildman–Crippen MR) is 95.6 cm³/mol. The van der Waals surface area contributed by atoms with Crippen LogP contribution in [0.2, 0.25) is 0 Å². The van der Waals surface area contributed by atoms with Gasteiger partial charge in [0.2, 0.25) is 0 Å². The number of nitrogens with one attached hydrogen (secondary N) is 2. The van der Waals surface area contributed by atoms with Gasteiger partial charge in [-0.1, -0.05) is 30.3 Å². The van der Waals surface area contributed by atoms with E-state index in [-0.39, 0.29) is 5.91 Å². The van der Waals surface area contributed by atoms with Gasteiger partial charge >= 0.3 is 0 Å². The van der Waals surface area contributed by atoms with E-state index in [9.17, 15) is 4.79 Å². The number of carbonyl (C=O) groups is 1. The monoisotopic (exact) mass is 318 g/mol. The highest BCUT2D eigenvalue weighted by atomic mass is 16.1. The number of hydrogen-bond acceptors (Lipinski definition) is 4. The third-order valence-corrected chi connectivity index (χ3v) is 3.58. The first-order valence-corrected chi connectivity index (χ1v) is 7.64. The van der Waals surface area contributed by atoms with Crippen LogP contribution in [0.3, 0.4) is 0 Å². The molecule has 1 heterocycles. The second-order valence-corrected chi connectivity index (χ2v) is 5.55. The Morgan fingerprint density at radius 2 is 1.79 bits per heavy atom. The number of hydrogen-bond donors (Lipinski definition) is 2. The Kier molecular flexibility index (Phi) is 4.52. The summed E-state index contributed by atoms with van der Waals surface area (Å²) in [7, 11) is 0. The van der Waals surface area contributed by atoms with Crippen LogP contribution in [0.5, 0.6) is 0 Å². The summed E-state index contributed by atoms with van der Waals surface area (Å²) < 4.78 is 0. The van der Waals surface area contributed by atoms with Crippen molar-refractivity contribution in [1.82, 2.24) is 9.97 Å². The van der Waals surface area contributed by atoms with Crippen molar-refractivity contribution in [2.24, 2.45) is 0 Å². The quantitative estimate of drug-likeness (QED) is 0.760. The van der Waals surface area contributed by atoms with Crippen molar-refractivity contribution in [2.75, 3.05) is 10.6 Å². The Morgan fingerprint density at radius 1 is 0.958 bits per heavy atom. The van der Waals surface area contributed by atoms with E-state index in [4.69, 9.17) is 0 Å². The van der Waals surface area contributed by atoms with Gasteiger partial charge in [0, 0.05) is 17.4 Å². The molecule has 0 atom stereocenters. The lowest BCUT2D eigenvalue weighted by molar-refractivity contribution is 0.102. The first kappa shape index (κ1) is 15.7. The Labute approximate surface area is 140 Å². The van der Waals surface area contributed by atoms with E-state index in [0.717, 1.165) is 22.5 Å². The molecule has 0 saturated carbocycles. The smallest absolute Gasteiger partial charge is 0.274 e. The van der Waals surface area contributed by atoms with Crippen molar-refractivity contribution in [3.8, 4) is 0 Å². The number of aryl methyl sites for hydroxylation is 2. The van der Waals surface area contributed by atoms with E-state index in [0.29, 0.717) is 11.5 Å². The number of carbonyl (C=O) groups excluding carboxylic acids is 1. The van der Waals surface area contributed by atoms with E-state index in [1.54, 1.807) is 6.07 Å². The fourth-order valence-electron chi connectivity index (χ4n) is 2.32. The highest BCUT2D eigenvalue weighted by molar-refractivity contribution is 6.03. The summed E-state index contributed by atoms with van der Waals surface area (Å²) in [5.41, 5.74) is 4.14. The molecule has 3 rings (SSSR count). The van der Waals surface area contributed by atoms with Crippen LogP contribution in [0.1, 0.15) is 21.6 Å². The molecule has 0 bridgehead atoms. The van der Waals surface area contributed by atoms with Crippen LogP contribution in [0, 0.1) is 13.8 Å². The molecule has 5 heteroatoms. The molecule has 2 aromatic carbocycles. The van der Waals surface area contributed by atoms with Gasteiger partial charge in [0.25, 0.3) is 5.91 Å². The molecule has 0 aliphatic rings. The molecule has 24 heavy (non-hydrogen) atoms. The van der Waals surface area contributed by atoms with Crippen molar-refractivity contribution in [3.63, 3.8) is 0 Å². The first-order chi connectivity index (χ1) is 11.6. The molecule has 0 radical (unpaired) electrons. The highest BCUT2D eigenvalue weighted by Gasteiger charge is 2.10. The maximum Gasteiger partial charge on any atom is 0.274 e. The number of aromatic nitrogens is 2. The molecule has 0 saturated heterocycles. The molecule has 5 nitrogen and oxygen atoms in total. The van der Waals surface area contributed by atoms with Crippen LogP contribution in [0.15, 0.2) is 60.9 Å². The topological polar surface area (TPSA) is 66.9 Å². The standard InChI is InChI=1S/C19H18N4O/c1-13-6-5-8-15(10-13)22-18-11-17(20-12-21-18)19(24)23-16-9-4-3-7-14(16)2/h3-12H,1-2H3,(H,23,24)(H,20,21,22). The average molecular weight is 318 g/mol. The lowest BCUT2D eigenvalue weighted by Gasteiger charge is -2.09. The molecule has 0 unspecified atom stereocenters. The molecular weight excluding hydrogens is 300 g/mol. The molecule has 0 spiro atoms. The van der Waals surface area contributed by atoms with Crippen molar-refractivity contribution in [1.29, 1.82) is 0 Å². The van der Waals surface area contributed by atoms with Crippen molar-refractivity contribution in [3.05, 3.63) is 77.7 Å². The molecule has 1 amide bonds. The summed E-state index contributed by atoms with van der Waals surface area (Å²) in [4.78, 5) is 20.6. The van der Waals surface area contributed by atoms with Crippen LogP contribution in [0.25, 0.3) is 0 Å². The fourth-order valence-corrected chi connectivity index (χ4v) is 2.32. The molecular formula is C19H18N4O. The summed E-state index contributed by atoms with van der Waals surface area (Å²) in [6.07, 6.45) is 1.38. The van der Waals surface area contributed by atoms with Gasteiger partial charge in [0.1, 0.15) is 17.8 Å². The lowest BCUT2D eigenvalue weighted by atomic mass is 10.2. The van der Waals surface area contributed by atoms with Gasteiger partial charge in [-0.3, -0.25) is 4.79 Å². The predicted octanol–water partition coefficient (Wildman–Crippen LogP) is 4.09. The van der Waals surface area contributed by atoms with E-state index in [2.05, 4.69) is 20.6 Å². The summed E-state index contributed by atoms with van der Waals surface area (Å²) in [6.45, 7) is 3.96. The maximum atomic E-state index is 12.4. The zero-order chi connectivity index (χ0) is 16.9. The van der Waals surface area contributed by atoms with Gasteiger partial charge < -0.3 is 10.6 Å². The normalized spacial score (nSPS) is 10.2. The summed E-state index contributed by atoms with van der Waals surface area (Å²) in [5, 5.41) is 6.05. The second kappa shape index (κ2) is 6.91. The minimum absolute atomic E-state index is 0.265. The van der Waals surface area contributed by atoms with Crippen molar-refractivity contribution >= 4 is 23.1 Å². The third-order valence-electron chi connectivity index (χ3n) is 3.58. The molecule has 3 aromatic rings. The lowest BCUT2D eigenvalue weighted by Crippen LogP contribution is -2.15. The van der Waals surface area contributed by atoms with Crippen LogP contribution >= 0.6 is 0 Å². The SMILES string of the molecule is Cc1cccc(Nc2cc(C(=O)Nc3ccccc3C)ncn2)c1. The molecule has 2 N–H and O–H groups in total. The number of amides is 1. The van der Waals surface area contributed by atoms with Gasteiger partial charge in [-0.2, -0.15) is 0 Å². The molecule has 1 aromatic heterocycles. The molecule has 0 fully saturated rings. The summed E-state index contributed by atoms with van der Waals surface area (Å²) in [6, 6.07) is 17.2. The number of para-hydroxylation sites is 1. The van der Waals surface area contributed by atoms with Gasteiger partial charge in [0.15, 0.2) is 0 Å². The zero-order valence-electron chi connectivity index (χ0n) is 13.6. The Bertz CT molecular complexity index is 877. The Balaban J connectivity index is 1.77. The largest absolute Gasteiger partial charge is 0.340 e. The zero-order valence-corrected chi connectivity index (χ0v) is 13.6. The van der Waals surface area contributed by atoms with Crippen LogP contribution in [-0.4, -0.2) is 15.9 Å². The van der Waals surface area contributed by atoms with Crippen LogP contribution in [-0.2, 0) is 0 Å². The second-order valence-electron chi connectivity index (χ2n) is 5.55. The number of benzene rings is 2. The van der Waals surface area contributed by atoms with E-state index >= 15 is 0 Å². The highest BCUT2D eigenvalue weighted by Crippen LogP contribution is 2.17.